The number of benzene rings is 1. The van der Waals surface area contributed by atoms with E-state index in [0.29, 0.717) is 0 Å². The van der Waals surface area contributed by atoms with Gasteiger partial charge in [-0.05, 0) is 39.3 Å². The molecule has 0 unspecified atom stereocenters. The Morgan fingerprint density at radius 2 is 2.10 bits per heavy atom. The van der Waals surface area contributed by atoms with Crippen molar-refractivity contribution in [3.05, 3.63) is 51.8 Å². The minimum Gasteiger partial charge on any atom is -0.311 e. The standard InChI is InChI=1S/C16H22ClN3/c1-4-20-15(16(17)13(3)19-20)11-18-9-8-14-7-5-6-12(2)10-14/h5-7,10,18H,4,8-9,11H2,1-3H3. The van der Waals surface area contributed by atoms with E-state index in [2.05, 4.69) is 48.5 Å². The number of nitrogens with one attached hydrogen (secondary N) is 1. The lowest BCUT2D eigenvalue weighted by molar-refractivity contribution is 0.580. The van der Waals surface area contributed by atoms with Crippen molar-refractivity contribution < 1.29 is 0 Å². The van der Waals surface area contributed by atoms with Gasteiger partial charge in [-0.1, -0.05) is 41.4 Å². The summed E-state index contributed by atoms with van der Waals surface area (Å²) >= 11 is 6.29. The fraction of sp³-hybridized carbons (Fsp3) is 0.438. The van der Waals surface area contributed by atoms with E-state index >= 15 is 0 Å². The number of halogens is 1. The molecule has 20 heavy (non-hydrogen) atoms. The third-order valence-electron chi connectivity index (χ3n) is 3.42. The first kappa shape index (κ1) is 15.1. The molecule has 0 saturated heterocycles. The lowest BCUT2D eigenvalue weighted by Gasteiger charge is -2.08. The van der Waals surface area contributed by atoms with Gasteiger partial charge < -0.3 is 5.32 Å². The lowest BCUT2D eigenvalue weighted by Crippen LogP contribution is -2.19. The molecule has 0 aliphatic heterocycles. The average Bonchev–Trinajstić information content (AvgIpc) is 2.71. The van der Waals surface area contributed by atoms with Gasteiger partial charge in [0.25, 0.3) is 0 Å². The minimum atomic E-state index is 0.763. The smallest absolute Gasteiger partial charge is 0.0860 e. The van der Waals surface area contributed by atoms with Crippen LogP contribution in [0.3, 0.4) is 0 Å². The summed E-state index contributed by atoms with van der Waals surface area (Å²) in [5.41, 5.74) is 4.66. The Hall–Kier alpha value is -1.32. The Morgan fingerprint density at radius 1 is 1.30 bits per heavy atom. The van der Waals surface area contributed by atoms with Gasteiger partial charge in [-0.25, -0.2) is 0 Å². The first-order valence-corrected chi connectivity index (χ1v) is 7.47. The van der Waals surface area contributed by atoms with E-state index in [-0.39, 0.29) is 0 Å². The summed E-state index contributed by atoms with van der Waals surface area (Å²) in [5, 5.41) is 8.66. The molecule has 3 nitrogen and oxygen atoms in total. The summed E-state index contributed by atoms with van der Waals surface area (Å²) in [6.07, 6.45) is 1.03. The van der Waals surface area contributed by atoms with E-state index in [1.54, 1.807) is 0 Å². The fourth-order valence-corrected chi connectivity index (χ4v) is 2.55. The van der Waals surface area contributed by atoms with Crippen molar-refractivity contribution in [2.24, 2.45) is 0 Å². The second-order valence-electron chi connectivity index (χ2n) is 5.08. The molecule has 1 N–H and O–H groups in total. The zero-order chi connectivity index (χ0) is 14.5. The molecule has 1 aromatic heterocycles. The average molecular weight is 292 g/mol. The minimum absolute atomic E-state index is 0.763. The lowest BCUT2D eigenvalue weighted by atomic mass is 10.1. The molecule has 4 heteroatoms. The maximum absolute atomic E-state index is 6.29. The molecule has 0 radical (unpaired) electrons. The van der Waals surface area contributed by atoms with Crippen LogP contribution < -0.4 is 5.32 Å². The van der Waals surface area contributed by atoms with Crippen LogP contribution in [0.4, 0.5) is 0 Å². The van der Waals surface area contributed by atoms with Gasteiger partial charge in [0.05, 0.1) is 16.4 Å². The highest BCUT2D eigenvalue weighted by Crippen LogP contribution is 2.19. The van der Waals surface area contributed by atoms with Crippen LogP contribution in [-0.4, -0.2) is 16.3 Å². The van der Waals surface area contributed by atoms with E-state index in [1.807, 2.05) is 11.6 Å². The summed E-state index contributed by atoms with van der Waals surface area (Å²) in [6.45, 7) is 8.71. The second kappa shape index (κ2) is 6.91. The Labute approximate surface area is 126 Å². The third kappa shape index (κ3) is 3.62. The molecule has 0 amide bonds. The van der Waals surface area contributed by atoms with Crippen molar-refractivity contribution in [3.8, 4) is 0 Å². The number of aryl methyl sites for hydroxylation is 3. The van der Waals surface area contributed by atoms with Crippen molar-refractivity contribution in [2.45, 2.75) is 40.3 Å². The van der Waals surface area contributed by atoms with Gasteiger partial charge in [0.1, 0.15) is 0 Å². The van der Waals surface area contributed by atoms with Gasteiger partial charge in [0, 0.05) is 13.1 Å². The normalized spacial score (nSPS) is 11.0. The SMILES string of the molecule is CCn1nc(C)c(Cl)c1CNCCc1cccc(C)c1. The Kier molecular flexibility index (Phi) is 5.21. The summed E-state index contributed by atoms with van der Waals surface area (Å²) in [7, 11) is 0. The Bertz CT molecular complexity index is 575. The van der Waals surface area contributed by atoms with Gasteiger partial charge in [-0.2, -0.15) is 5.10 Å². The Morgan fingerprint density at radius 3 is 2.80 bits per heavy atom. The fourth-order valence-electron chi connectivity index (χ4n) is 2.35. The van der Waals surface area contributed by atoms with Gasteiger partial charge in [0.15, 0.2) is 0 Å². The van der Waals surface area contributed by atoms with Gasteiger partial charge in [-0.15, -0.1) is 0 Å². The molecular weight excluding hydrogens is 270 g/mol. The molecule has 0 fully saturated rings. The number of hydrogen-bond donors (Lipinski definition) is 1. The topological polar surface area (TPSA) is 29.9 Å². The number of rotatable bonds is 6. The molecule has 0 bridgehead atoms. The van der Waals surface area contributed by atoms with Crippen LogP contribution in [0.25, 0.3) is 0 Å². The molecule has 0 aliphatic rings. The first-order valence-electron chi connectivity index (χ1n) is 7.10. The number of aromatic nitrogens is 2. The summed E-state index contributed by atoms with van der Waals surface area (Å²) in [6, 6.07) is 8.63. The quantitative estimate of drug-likeness (QED) is 0.826. The molecule has 1 aromatic carbocycles. The summed E-state index contributed by atoms with van der Waals surface area (Å²) in [4.78, 5) is 0. The van der Waals surface area contributed by atoms with Gasteiger partial charge >= 0.3 is 0 Å². The van der Waals surface area contributed by atoms with Crippen LogP contribution in [0, 0.1) is 13.8 Å². The monoisotopic (exact) mass is 291 g/mol. The van der Waals surface area contributed by atoms with E-state index in [9.17, 15) is 0 Å². The van der Waals surface area contributed by atoms with Gasteiger partial charge in [0.2, 0.25) is 0 Å². The molecule has 1 heterocycles. The van der Waals surface area contributed by atoms with Crippen LogP contribution >= 0.6 is 11.6 Å². The molecule has 0 aliphatic carbocycles. The zero-order valence-electron chi connectivity index (χ0n) is 12.4. The van der Waals surface area contributed by atoms with Gasteiger partial charge in [-0.3, -0.25) is 4.68 Å². The number of nitrogens with zero attached hydrogens (tertiary/aromatic N) is 2. The molecule has 0 spiro atoms. The van der Waals surface area contributed by atoms with Crippen LogP contribution in [0.1, 0.15) is 29.4 Å². The number of hydrogen-bond acceptors (Lipinski definition) is 2. The molecular formula is C16H22ClN3. The van der Waals surface area contributed by atoms with Crippen molar-refractivity contribution in [3.63, 3.8) is 0 Å². The second-order valence-corrected chi connectivity index (χ2v) is 5.46. The molecule has 108 valence electrons. The maximum Gasteiger partial charge on any atom is 0.0860 e. The van der Waals surface area contributed by atoms with E-state index in [0.717, 1.165) is 42.5 Å². The highest BCUT2D eigenvalue weighted by molar-refractivity contribution is 6.31. The summed E-state index contributed by atoms with van der Waals surface area (Å²) < 4.78 is 1.97. The van der Waals surface area contributed by atoms with Crippen LogP contribution in [0.2, 0.25) is 5.02 Å². The van der Waals surface area contributed by atoms with Crippen molar-refractivity contribution in [2.75, 3.05) is 6.54 Å². The molecule has 0 saturated carbocycles. The third-order valence-corrected chi connectivity index (χ3v) is 3.91. The predicted molar refractivity (Wildman–Crippen MR) is 84.2 cm³/mol. The van der Waals surface area contributed by atoms with Crippen LogP contribution in [-0.2, 0) is 19.5 Å². The maximum atomic E-state index is 6.29. The van der Waals surface area contributed by atoms with E-state index in [1.165, 1.54) is 11.1 Å². The molecule has 0 atom stereocenters. The highest BCUT2D eigenvalue weighted by atomic mass is 35.5. The van der Waals surface area contributed by atoms with Crippen molar-refractivity contribution >= 4 is 11.6 Å². The molecule has 2 aromatic rings. The van der Waals surface area contributed by atoms with E-state index < -0.39 is 0 Å². The first-order chi connectivity index (χ1) is 9.61. The zero-order valence-corrected chi connectivity index (χ0v) is 13.2. The largest absolute Gasteiger partial charge is 0.311 e. The summed E-state index contributed by atoms with van der Waals surface area (Å²) in [5.74, 6) is 0. The van der Waals surface area contributed by atoms with Crippen molar-refractivity contribution in [1.82, 2.24) is 15.1 Å². The predicted octanol–water partition coefficient (Wildman–Crippen LogP) is 3.51. The molecule has 2 rings (SSSR count). The van der Waals surface area contributed by atoms with E-state index in [4.69, 9.17) is 11.6 Å². The van der Waals surface area contributed by atoms with Crippen LogP contribution in [0.15, 0.2) is 24.3 Å². The van der Waals surface area contributed by atoms with Crippen molar-refractivity contribution in [1.29, 1.82) is 0 Å². The Balaban J connectivity index is 1.87. The van der Waals surface area contributed by atoms with Crippen LogP contribution in [0.5, 0.6) is 0 Å². The highest BCUT2D eigenvalue weighted by Gasteiger charge is 2.11.